The van der Waals surface area contributed by atoms with Crippen molar-refractivity contribution in [2.75, 3.05) is 26.2 Å². The van der Waals surface area contributed by atoms with Crippen LogP contribution in [0.1, 0.15) is 29.8 Å². The summed E-state index contributed by atoms with van der Waals surface area (Å²) in [6.45, 7) is 6.87. The van der Waals surface area contributed by atoms with Crippen molar-refractivity contribution < 1.29 is 13.9 Å². The topological polar surface area (TPSA) is 56.6 Å². The number of piperazine rings is 1. The second-order valence-corrected chi connectivity index (χ2v) is 7.56. The lowest BCUT2D eigenvalue weighted by Crippen LogP contribution is -2.52. The number of para-hydroxylation sites is 1. The number of nitrogens with zero attached hydrogens (tertiary/aromatic N) is 3. The Kier molecular flexibility index (Phi) is 6.84. The van der Waals surface area contributed by atoms with E-state index in [1.807, 2.05) is 30.9 Å². The Balaban J connectivity index is 1.64. The number of halogens is 1. The first-order valence-electron chi connectivity index (χ1n) is 9.89. The van der Waals surface area contributed by atoms with Gasteiger partial charge in [0.05, 0.1) is 11.6 Å². The number of rotatable bonds is 6. The minimum atomic E-state index is -0.292. The zero-order valence-corrected chi connectivity index (χ0v) is 16.8. The Morgan fingerprint density at radius 1 is 1.10 bits per heavy atom. The number of hydrogen-bond donors (Lipinski definition) is 0. The van der Waals surface area contributed by atoms with E-state index in [1.165, 1.54) is 12.1 Å². The smallest absolute Gasteiger partial charge is 0.257 e. The first-order chi connectivity index (χ1) is 14.0. The fraction of sp³-hybridized carbons (Fsp3) is 0.391. The highest BCUT2D eigenvalue weighted by atomic mass is 19.1. The molecule has 0 spiro atoms. The summed E-state index contributed by atoms with van der Waals surface area (Å²) < 4.78 is 18.9. The quantitative estimate of drug-likeness (QED) is 0.748. The molecule has 1 saturated heterocycles. The first kappa shape index (κ1) is 20.8. The van der Waals surface area contributed by atoms with Crippen LogP contribution in [0.15, 0.2) is 48.5 Å². The van der Waals surface area contributed by atoms with Gasteiger partial charge in [-0.3, -0.25) is 9.69 Å². The molecule has 152 valence electrons. The normalized spacial score (nSPS) is 15.8. The Labute approximate surface area is 171 Å². The molecule has 0 N–H and O–H groups in total. The number of hydrogen-bond acceptors (Lipinski definition) is 4. The Hall–Kier alpha value is -2.91. The van der Waals surface area contributed by atoms with E-state index in [0.29, 0.717) is 37.5 Å². The van der Waals surface area contributed by atoms with Gasteiger partial charge in [-0.05, 0) is 35.7 Å². The third-order valence-electron chi connectivity index (χ3n) is 5.18. The van der Waals surface area contributed by atoms with Crippen LogP contribution in [0.2, 0.25) is 0 Å². The second kappa shape index (κ2) is 9.53. The molecule has 1 aliphatic heterocycles. The van der Waals surface area contributed by atoms with Crippen molar-refractivity contribution in [2.24, 2.45) is 5.92 Å². The van der Waals surface area contributed by atoms with Crippen molar-refractivity contribution in [3.8, 4) is 11.8 Å². The van der Waals surface area contributed by atoms with Crippen molar-refractivity contribution in [1.82, 2.24) is 9.80 Å². The van der Waals surface area contributed by atoms with E-state index >= 15 is 0 Å². The van der Waals surface area contributed by atoms with E-state index in [-0.39, 0.29) is 30.3 Å². The highest BCUT2D eigenvalue weighted by Crippen LogP contribution is 2.23. The standard InChI is InChI=1S/C23H26FN3O2/c1-17(2)21(15-25)26-11-13-27(14-12-26)23(28)20-5-3-4-6-22(20)29-16-18-7-9-19(24)10-8-18/h3-10,17,21H,11-14,16H2,1-2H3. The molecule has 0 saturated carbocycles. The third-order valence-corrected chi connectivity index (χ3v) is 5.18. The SMILES string of the molecule is CC(C)C(C#N)N1CCN(C(=O)c2ccccc2OCc2ccc(F)cc2)CC1. The average molecular weight is 395 g/mol. The van der Waals surface area contributed by atoms with Crippen LogP contribution in [0.3, 0.4) is 0 Å². The van der Waals surface area contributed by atoms with Gasteiger partial charge in [0.1, 0.15) is 24.2 Å². The first-order valence-corrected chi connectivity index (χ1v) is 9.89. The van der Waals surface area contributed by atoms with Gasteiger partial charge in [0.25, 0.3) is 5.91 Å². The third kappa shape index (κ3) is 5.12. The van der Waals surface area contributed by atoms with Crippen LogP contribution >= 0.6 is 0 Å². The van der Waals surface area contributed by atoms with Crippen LogP contribution in [-0.4, -0.2) is 47.9 Å². The van der Waals surface area contributed by atoms with E-state index in [0.717, 1.165) is 5.56 Å². The Bertz CT molecular complexity index is 868. The maximum atomic E-state index is 13.1. The van der Waals surface area contributed by atoms with Crippen LogP contribution in [-0.2, 0) is 6.61 Å². The van der Waals surface area contributed by atoms with Gasteiger partial charge in [0.2, 0.25) is 0 Å². The van der Waals surface area contributed by atoms with E-state index in [1.54, 1.807) is 24.3 Å². The lowest BCUT2D eigenvalue weighted by Gasteiger charge is -2.38. The van der Waals surface area contributed by atoms with E-state index < -0.39 is 0 Å². The summed E-state index contributed by atoms with van der Waals surface area (Å²) >= 11 is 0. The molecule has 5 nitrogen and oxygen atoms in total. The van der Waals surface area contributed by atoms with Crippen LogP contribution in [0.5, 0.6) is 5.75 Å². The van der Waals surface area contributed by atoms with Crippen LogP contribution in [0, 0.1) is 23.1 Å². The van der Waals surface area contributed by atoms with E-state index in [2.05, 4.69) is 11.0 Å². The number of amides is 1. The number of carbonyl (C=O) groups excluding carboxylic acids is 1. The predicted molar refractivity (Wildman–Crippen MR) is 109 cm³/mol. The van der Waals surface area contributed by atoms with Gasteiger partial charge < -0.3 is 9.64 Å². The maximum absolute atomic E-state index is 13.1. The van der Waals surface area contributed by atoms with Gasteiger partial charge in [0.15, 0.2) is 0 Å². The molecular weight excluding hydrogens is 369 g/mol. The largest absolute Gasteiger partial charge is 0.488 e. The van der Waals surface area contributed by atoms with Crippen molar-refractivity contribution in [3.63, 3.8) is 0 Å². The summed E-state index contributed by atoms with van der Waals surface area (Å²) in [6.07, 6.45) is 0. The van der Waals surface area contributed by atoms with Crippen molar-refractivity contribution >= 4 is 5.91 Å². The minimum absolute atomic E-state index is 0.0718. The van der Waals surface area contributed by atoms with Gasteiger partial charge >= 0.3 is 0 Å². The summed E-state index contributed by atoms with van der Waals surface area (Å²) in [6, 6.07) is 15.5. The summed E-state index contributed by atoms with van der Waals surface area (Å²) in [4.78, 5) is 17.0. The van der Waals surface area contributed by atoms with Crippen molar-refractivity contribution in [3.05, 3.63) is 65.5 Å². The Morgan fingerprint density at radius 2 is 1.76 bits per heavy atom. The van der Waals surface area contributed by atoms with Crippen molar-refractivity contribution in [1.29, 1.82) is 5.26 Å². The fourth-order valence-electron chi connectivity index (χ4n) is 3.54. The molecule has 29 heavy (non-hydrogen) atoms. The molecular formula is C23H26FN3O2. The van der Waals surface area contributed by atoms with Gasteiger partial charge in [0, 0.05) is 26.2 Å². The van der Waals surface area contributed by atoms with Crippen LogP contribution in [0.4, 0.5) is 4.39 Å². The number of carbonyl (C=O) groups is 1. The number of ether oxygens (including phenoxy) is 1. The molecule has 6 heteroatoms. The molecule has 1 fully saturated rings. The lowest BCUT2D eigenvalue weighted by molar-refractivity contribution is 0.0572. The number of nitriles is 1. The monoisotopic (exact) mass is 395 g/mol. The molecule has 0 bridgehead atoms. The molecule has 1 aliphatic rings. The lowest BCUT2D eigenvalue weighted by atomic mass is 10.0. The molecule has 1 amide bonds. The van der Waals surface area contributed by atoms with Gasteiger partial charge in [-0.15, -0.1) is 0 Å². The predicted octanol–water partition coefficient (Wildman–Crippen LogP) is 3.71. The molecule has 1 atom stereocenters. The molecule has 2 aromatic rings. The molecule has 1 unspecified atom stereocenters. The summed E-state index contributed by atoms with van der Waals surface area (Å²) in [7, 11) is 0. The maximum Gasteiger partial charge on any atom is 0.257 e. The molecule has 3 rings (SSSR count). The zero-order valence-electron chi connectivity index (χ0n) is 16.8. The van der Waals surface area contributed by atoms with Crippen molar-refractivity contribution in [2.45, 2.75) is 26.5 Å². The molecule has 2 aromatic carbocycles. The molecule has 0 radical (unpaired) electrons. The summed E-state index contributed by atoms with van der Waals surface area (Å²) in [5.41, 5.74) is 1.35. The number of benzene rings is 2. The van der Waals surface area contributed by atoms with E-state index in [4.69, 9.17) is 4.74 Å². The average Bonchev–Trinajstić information content (AvgIpc) is 2.74. The minimum Gasteiger partial charge on any atom is -0.488 e. The van der Waals surface area contributed by atoms with Crippen LogP contribution in [0.25, 0.3) is 0 Å². The fourth-order valence-corrected chi connectivity index (χ4v) is 3.54. The molecule has 0 aliphatic carbocycles. The van der Waals surface area contributed by atoms with Crippen LogP contribution < -0.4 is 4.74 Å². The van der Waals surface area contributed by atoms with Gasteiger partial charge in [-0.1, -0.05) is 38.1 Å². The molecule has 1 heterocycles. The zero-order chi connectivity index (χ0) is 20.8. The summed E-state index contributed by atoms with van der Waals surface area (Å²) in [5.74, 6) is 0.404. The van der Waals surface area contributed by atoms with Gasteiger partial charge in [-0.25, -0.2) is 4.39 Å². The second-order valence-electron chi connectivity index (χ2n) is 7.56. The highest BCUT2D eigenvalue weighted by molar-refractivity contribution is 5.97. The van der Waals surface area contributed by atoms with Gasteiger partial charge in [-0.2, -0.15) is 5.26 Å². The highest BCUT2D eigenvalue weighted by Gasteiger charge is 2.29. The Morgan fingerprint density at radius 3 is 2.38 bits per heavy atom. The molecule has 0 aromatic heterocycles. The van der Waals surface area contributed by atoms with E-state index in [9.17, 15) is 14.4 Å². The summed E-state index contributed by atoms with van der Waals surface area (Å²) in [5, 5.41) is 9.40.